The Morgan fingerprint density at radius 1 is 0.647 bits per heavy atom. The van der Waals surface area contributed by atoms with Crippen molar-refractivity contribution in [3.8, 4) is 0 Å². The Hall–Kier alpha value is -1.95. The number of nitrogens with one attached hydrogen (secondary N) is 3. The lowest BCUT2D eigenvalue weighted by Crippen LogP contribution is -2.41. The Bertz CT molecular complexity index is 449. The molecule has 0 rings (SSSR count). The minimum atomic E-state index is -0.891. The molecule has 0 aliphatic rings. The van der Waals surface area contributed by atoms with Crippen LogP contribution in [0.25, 0.3) is 0 Å². The zero-order valence-electron chi connectivity index (χ0n) is 21.7. The molecule has 0 aromatic rings. The molecule has 204 valence electrons. The van der Waals surface area contributed by atoms with E-state index in [1.165, 1.54) is 32.1 Å². The molecule has 0 heterocycles. The Labute approximate surface area is 206 Å². The third kappa shape index (κ3) is 40.4. The van der Waals surface area contributed by atoms with E-state index >= 15 is 0 Å². The lowest BCUT2D eigenvalue weighted by atomic mass is 10.1. The molecule has 3 amide bonds. The number of rotatable bonds is 19. The lowest BCUT2D eigenvalue weighted by Gasteiger charge is -2.08. The molecule has 0 radical (unpaired) electrons. The van der Waals surface area contributed by atoms with Crippen molar-refractivity contribution in [2.75, 3.05) is 52.4 Å². The molecule has 34 heavy (non-hydrogen) atoms. The summed E-state index contributed by atoms with van der Waals surface area (Å²) in [5.41, 5.74) is 20.5. The Morgan fingerprint density at radius 3 is 1.68 bits per heavy atom. The summed E-state index contributed by atoms with van der Waals surface area (Å²) in [6.45, 7) is 7.74. The molecule has 0 unspecified atom stereocenters. The van der Waals surface area contributed by atoms with Gasteiger partial charge in [-0.25, -0.2) is 4.79 Å². The second-order valence-electron chi connectivity index (χ2n) is 7.67. The molecular formula is C23H53N7O4. The van der Waals surface area contributed by atoms with Crippen molar-refractivity contribution >= 4 is 17.9 Å². The molecule has 0 saturated heterocycles. The fraction of sp³-hybridized carbons (Fsp3) is 0.870. The monoisotopic (exact) mass is 491 g/mol. The van der Waals surface area contributed by atoms with Gasteiger partial charge in [0.15, 0.2) is 0 Å². The molecule has 0 aliphatic carbocycles. The summed E-state index contributed by atoms with van der Waals surface area (Å²) in [7, 11) is 0. The number of primary amides is 1. The Kier molecular flexibility index (Phi) is 35.8. The number of amides is 3. The highest BCUT2D eigenvalue weighted by Gasteiger charge is 2.05. The maximum Gasteiger partial charge on any atom is 0.404 e. The average molecular weight is 492 g/mol. The smallest absolute Gasteiger partial charge is 0.404 e. The molecule has 0 spiro atoms. The SMILES string of the molecule is CCCCCN.CCCCN.NCCCCCCCNCC(=O)NCC(=O)NCCOC(N)=O. The van der Waals surface area contributed by atoms with Crippen LogP contribution < -0.4 is 38.9 Å². The highest BCUT2D eigenvalue weighted by Crippen LogP contribution is 2.00. The summed E-state index contributed by atoms with van der Waals surface area (Å²) in [5.74, 6) is -0.594. The number of hydrogen-bond acceptors (Lipinski definition) is 8. The third-order valence-electron chi connectivity index (χ3n) is 4.32. The second-order valence-corrected chi connectivity index (χ2v) is 7.67. The van der Waals surface area contributed by atoms with Crippen LogP contribution in [0.15, 0.2) is 0 Å². The normalized spacial score (nSPS) is 9.68. The van der Waals surface area contributed by atoms with Crippen LogP contribution in [0.5, 0.6) is 0 Å². The van der Waals surface area contributed by atoms with Crippen molar-refractivity contribution in [1.29, 1.82) is 0 Å². The molecule has 0 bridgehead atoms. The summed E-state index contributed by atoms with van der Waals surface area (Å²) in [6, 6.07) is 0. The molecule has 0 aromatic carbocycles. The molecule has 0 aliphatic heterocycles. The van der Waals surface area contributed by atoms with E-state index < -0.39 is 6.09 Å². The van der Waals surface area contributed by atoms with Crippen LogP contribution in [-0.2, 0) is 14.3 Å². The van der Waals surface area contributed by atoms with Gasteiger partial charge in [-0.1, -0.05) is 52.4 Å². The van der Waals surface area contributed by atoms with E-state index in [4.69, 9.17) is 22.9 Å². The highest BCUT2D eigenvalue weighted by molar-refractivity contribution is 5.85. The van der Waals surface area contributed by atoms with Crippen LogP contribution in [-0.4, -0.2) is 70.3 Å². The molecule has 11 nitrogen and oxygen atoms in total. The molecule has 0 aromatic heterocycles. The summed E-state index contributed by atoms with van der Waals surface area (Å²) >= 11 is 0. The van der Waals surface area contributed by atoms with E-state index in [9.17, 15) is 14.4 Å². The molecular weight excluding hydrogens is 438 g/mol. The first-order chi connectivity index (χ1) is 16.4. The van der Waals surface area contributed by atoms with Crippen LogP contribution >= 0.6 is 0 Å². The summed E-state index contributed by atoms with van der Waals surface area (Å²) in [5, 5.41) is 7.99. The van der Waals surface area contributed by atoms with Gasteiger partial charge in [0.25, 0.3) is 0 Å². The van der Waals surface area contributed by atoms with E-state index in [-0.39, 0.29) is 38.1 Å². The number of carbonyl (C=O) groups excluding carboxylic acids is 3. The first-order valence-corrected chi connectivity index (χ1v) is 12.7. The van der Waals surface area contributed by atoms with Gasteiger partial charge in [-0.2, -0.15) is 0 Å². The average Bonchev–Trinajstić information content (AvgIpc) is 2.82. The number of hydrogen-bond donors (Lipinski definition) is 7. The van der Waals surface area contributed by atoms with Gasteiger partial charge in [0.1, 0.15) is 6.61 Å². The van der Waals surface area contributed by atoms with Gasteiger partial charge in [-0.05, 0) is 51.9 Å². The predicted molar refractivity (Wildman–Crippen MR) is 139 cm³/mol. The highest BCUT2D eigenvalue weighted by atomic mass is 16.5. The Morgan fingerprint density at radius 2 is 1.18 bits per heavy atom. The quantitative estimate of drug-likeness (QED) is 0.128. The van der Waals surface area contributed by atoms with Crippen molar-refractivity contribution in [3.63, 3.8) is 0 Å². The van der Waals surface area contributed by atoms with E-state index in [1.54, 1.807) is 0 Å². The van der Waals surface area contributed by atoms with Crippen LogP contribution in [0.4, 0.5) is 4.79 Å². The predicted octanol–water partition coefficient (Wildman–Crippen LogP) is 0.693. The topological polar surface area (TPSA) is 201 Å². The van der Waals surface area contributed by atoms with Gasteiger partial charge in [-0.15, -0.1) is 0 Å². The van der Waals surface area contributed by atoms with Gasteiger partial charge in [0, 0.05) is 0 Å². The van der Waals surface area contributed by atoms with Crippen molar-refractivity contribution in [3.05, 3.63) is 0 Å². The molecule has 0 fully saturated rings. The fourth-order valence-electron chi connectivity index (χ4n) is 2.37. The minimum Gasteiger partial charge on any atom is -0.448 e. The van der Waals surface area contributed by atoms with Gasteiger partial charge in [0.2, 0.25) is 11.8 Å². The van der Waals surface area contributed by atoms with Gasteiger partial charge in [-0.3, -0.25) is 9.59 Å². The largest absolute Gasteiger partial charge is 0.448 e. The van der Waals surface area contributed by atoms with Crippen LogP contribution in [0.3, 0.4) is 0 Å². The van der Waals surface area contributed by atoms with Crippen LogP contribution in [0, 0.1) is 0 Å². The fourth-order valence-corrected chi connectivity index (χ4v) is 2.37. The van der Waals surface area contributed by atoms with E-state index in [0.717, 1.165) is 58.3 Å². The maximum atomic E-state index is 11.5. The standard InChI is InChI=1S/C14H29N5O4.C5H13N.C4H11N/c15-6-4-2-1-3-5-7-17-10-12(20)19-11-13(21)18-8-9-23-14(16)22;1-2-3-4-5-6;1-2-3-4-5/h17H,1-11,15H2,(H2,16,22)(H,18,21)(H,19,20);2-6H2,1H3;2-5H2,1H3. The van der Waals surface area contributed by atoms with E-state index in [1.807, 2.05) is 0 Å². The zero-order valence-corrected chi connectivity index (χ0v) is 21.7. The van der Waals surface area contributed by atoms with Gasteiger partial charge >= 0.3 is 6.09 Å². The van der Waals surface area contributed by atoms with Crippen LogP contribution in [0.2, 0.25) is 0 Å². The van der Waals surface area contributed by atoms with Gasteiger partial charge < -0.3 is 43.6 Å². The Balaban J connectivity index is -0.000000718. The number of carbonyl (C=O) groups is 3. The van der Waals surface area contributed by atoms with Gasteiger partial charge in [0.05, 0.1) is 19.6 Å². The van der Waals surface area contributed by atoms with Crippen molar-refractivity contribution in [2.24, 2.45) is 22.9 Å². The summed E-state index contributed by atoms with van der Waals surface area (Å²) in [6.07, 6.45) is 10.7. The van der Waals surface area contributed by atoms with E-state index in [0.29, 0.717) is 0 Å². The van der Waals surface area contributed by atoms with Crippen LogP contribution in [0.1, 0.15) is 78.1 Å². The van der Waals surface area contributed by atoms with E-state index in [2.05, 4.69) is 34.5 Å². The first kappa shape index (κ1) is 36.6. The summed E-state index contributed by atoms with van der Waals surface area (Å²) < 4.78 is 4.45. The molecule has 11 heteroatoms. The second kappa shape index (κ2) is 33.2. The zero-order chi connectivity index (χ0) is 26.3. The van der Waals surface area contributed by atoms with Crippen molar-refractivity contribution in [2.45, 2.75) is 78.1 Å². The number of nitrogens with two attached hydrogens (primary N) is 4. The maximum absolute atomic E-state index is 11.5. The third-order valence-corrected chi connectivity index (χ3v) is 4.32. The summed E-state index contributed by atoms with van der Waals surface area (Å²) in [4.78, 5) is 33.1. The van der Waals surface area contributed by atoms with Crippen molar-refractivity contribution in [1.82, 2.24) is 16.0 Å². The minimum absolute atomic E-state index is 0.00184. The molecule has 0 atom stereocenters. The number of unbranched alkanes of at least 4 members (excludes halogenated alkanes) is 7. The van der Waals surface area contributed by atoms with Crippen molar-refractivity contribution < 1.29 is 19.1 Å². The number of ether oxygens (including phenoxy) is 1. The first-order valence-electron chi connectivity index (χ1n) is 12.7. The lowest BCUT2D eigenvalue weighted by molar-refractivity contribution is -0.125. The molecule has 11 N–H and O–H groups in total. The molecule has 0 saturated carbocycles.